The minimum Gasteiger partial charge on any atom is -0.508 e. The van der Waals surface area contributed by atoms with Crippen molar-refractivity contribution >= 4 is 17.9 Å². The van der Waals surface area contributed by atoms with Crippen molar-refractivity contribution in [3.05, 3.63) is 29.8 Å². The van der Waals surface area contributed by atoms with Gasteiger partial charge in [-0.15, -0.1) is 0 Å². The molecule has 0 spiro atoms. The number of nitrogens with one attached hydrogen (secondary N) is 2. The van der Waals surface area contributed by atoms with Gasteiger partial charge in [0.15, 0.2) is 0 Å². The highest BCUT2D eigenvalue weighted by molar-refractivity contribution is 5.92. The van der Waals surface area contributed by atoms with Crippen molar-refractivity contribution in [1.82, 2.24) is 15.5 Å². The van der Waals surface area contributed by atoms with Crippen LogP contribution in [0.3, 0.4) is 0 Å². The Morgan fingerprint density at radius 1 is 0.897 bits per heavy atom. The van der Waals surface area contributed by atoms with Crippen LogP contribution in [0.1, 0.15) is 113 Å². The summed E-state index contributed by atoms with van der Waals surface area (Å²) in [5.74, 6) is -0.0186. The zero-order chi connectivity index (χ0) is 29.9. The summed E-state index contributed by atoms with van der Waals surface area (Å²) in [7, 11) is 0. The van der Waals surface area contributed by atoms with Crippen molar-refractivity contribution in [2.45, 2.75) is 131 Å². The number of hydrogen-bond donors (Lipinski definition) is 3. The van der Waals surface area contributed by atoms with Crippen molar-refractivity contribution in [3.63, 3.8) is 0 Å². The van der Waals surface area contributed by atoms with E-state index in [4.69, 9.17) is 4.74 Å². The predicted molar refractivity (Wildman–Crippen MR) is 156 cm³/mol. The molecule has 0 bridgehead atoms. The second-order valence-electron chi connectivity index (χ2n) is 12.6. The second kappa shape index (κ2) is 15.7. The van der Waals surface area contributed by atoms with Crippen LogP contribution >= 0.6 is 0 Å². The maximum atomic E-state index is 14.4. The van der Waals surface area contributed by atoms with Gasteiger partial charge in [0.1, 0.15) is 23.4 Å². The number of phenols is 1. The maximum absolute atomic E-state index is 14.4. The monoisotopic (exact) mass is 547 g/mol. The van der Waals surface area contributed by atoms with E-state index in [-0.39, 0.29) is 35.6 Å². The summed E-state index contributed by atoms with van der Waals surface area (Å²) in [5, 5.41) is 15.8. The Kier molecular flexibility index (Phi) is 13.8. The molecule has 0 saturated carbocycles. The highest BCUT2D eigenvalue weighted by Crippen LogP contribution is 2.29. The molecule has 0 aliphatic rings. The lowest BCUT2D eigenvalue weighted by atomic mass is 9.95. The van der Waals surface area contributed by atoms with Gasteiger partial charge < -0.3 is 25.4 Å². The lowest BCUT2D eigenvalue weighted by Gasteiger charge is -2.39. The van der Waals surface area contributed by atoms with Crippen molar-refractivity contribution in [2.24, 2.45) is 11.8 Å². The maximum Gasteiger partial charge on any atom is 0.408 e. The molecule has 4 unspecified atom stereocenters. The Hall–Kier alpha value is -2.77. The van der Waals surface area contributed by atoms with Gasteiger partial charge in [-0.05, 0) is 89.8 Å². The second-order valence-corrected chi connectivity index (χ2v) is 12.6. The van der Waals surface area contributed by atoms with Crippen LogP contribution in [0.25, 0.3) is 0 Å². The molecule has 8 nitrogen and oxygen atoms in total. The first-order valence-electron chi connectivity index (χ1n) is 14.5. The molecule has 0 aromatic heterocycles. The standard InChI is InChI=1S/C31H53N3O5/c1-11-12-22(6)32-28(36)27(24-15-17-25(35)18-16-24)34(23(7)14-13-20(2)3)29(37)26(19-21(4)5)33-30(38)39-31(8,9)10/h15-18,20-23,26-27,35H,11-14,19H2,1-10H3,(H,32,36)(H,33,38). The quantitative estimate of drug-likeness (QED) is 0.252. The summed E-state index contributed by atoms with van der Waals surface area (Å²) in [6, 6.07) is 4.24. The minimum absolute atomic E-state index is 0.0728. The van der Waals surface area contributed by atoms with Crippen LogP contribution in [-0.4, -0.2) is 51.6 Å². The first-order valence-corrected chi connectivity index (χ1v) is 14.5. The van der Waals surface area contributed by atoms with Gasteiger partial charge in [-0.3, -0.25) is 9.59 Å². The minimum atomic E-state index is -0.935. The van der Waals surface area contributed by atoms with E-state index in [1.165, 1.54) is 12.1 Å². The average Bonchev–Trinajstić information content (AvgIpc) is 2.79. The molecule has 0 fully saturated rings. The fraction of sp³-hybridized carbons (Fsp3) is 0.710. The molecule has 0 heterocycles. The van der Waals surface area contributed by atoms with E-state index in [0.717, 1.165) is 19.3 Å². The molecule has 0 saturated heterocycles. The number of nitrogens with zero attached hydrogens (tertiary/aromatic N) is 1. The summed E-state index contributed by atoms with van der Waals surface area (Å²) in [6.07, 6.45) is 3.00. The fourth-order valence-electron chi connectivity index (χ4n) is 4.56. The van der Waals surface area contributed by atoms with Gasteiger partial charge in [0.2, 0.25) is 11.8 Å². The van der Waals surface area contributed by atoms with Crippen LogP contribution in [0.15, 0.2) is 24.3 Å². The van der Waals surface area contributed by atoms with Gasteiger partial charge in [-0.1, -0.05) is 53.2 Å². The number of aromatic hydroxyl groups is 1. The topological polar surface area (TPSA) is 108 Å². The Morgan fingerprint density at radius 2 is 1.49 bits per heavy atom. The first-order chi connectivity index (χ1) is 18.0. The largest absolute Gasteiger partial charge is 0.508 e. The Bertz CT molecular complexity index is 908. The molecule has 4 atom stereocenters. The highest BCUT2D eigenvalue weighted by atomic mass is 16.6. The average molecular weight is 548 g/mol. The van der Waals surface area contributed by atoms with Gasteiger partial charge in [-0.2, -0.15) is 0 Å². The van der Waals surface area contributed by atoms with E-state index in [1.54, 1.807) is 37.8 Å². The molecule has 1 rings (SSSR count). The smallest absolute Gasteiger partial charge is 0.408 e. The summed E-state index contributed by atoms with van der Waals surface area (Å²) in [4.78, 5) is 42.7. The molecule has 0 aliphatic carbocycles. The molecule has 1 aromatic rings. The van der Waals surface area contributed by atoms with Crippen molar-refractivity contribution in [1.29, 1.82) is 0 Å². The molecule has 0 aliphatic heterocycles. The van der Waals surface area contributed by atoms with Crippen molar-refractivity contribution in [2.75, 3.05) is 0 Å². The number of ether oxygens (including phenoxy) is 1. The van der Waals surface area contributed by atoms with Gasteiger partial charge in [-0.25, -0.2) is 4.79 Å². The van der Waals surface area contributed by atoms with Gasteiger partial charge >= 0.3 is 6.09 Å². The molecule has 222 valence electrons. The van der Waals surface area contributed by atoms with Crippen LogP contribution in [-0.2, 0) is 14.3 Å². The third-order valence-corrected chi connectivity index (χ3v) is 6.43. The lowest BCUT2D eigenvalue weighted by Crippen LogP contribution is -2.56. The fourth-order valence-corrected chi connectivity index (χ4v) is 4.56. The van der Waals surface area contributed by atoms with Crippen LogP contribution in [0, 0.1) is 11.8 Å². The Labute approximate surface area is 236 Å². The molecular formula is C31H53N3O5. The van der Waals surface area contributed by atoms with Gasteiger partial charge in [0, 0.05) is 12.1 Å². The molecule has 8 heteroatoms. The third kappa shape index (κ3) is 12.3. The normalized spacial score (nSPS) is 14.9. The molecule has 3 N–H and O–H groups in total. The van der Waals surface area contributed by atoms with E-state index in [2.05, 4.69) is 31.4 Å². The number of carbonyl (C=O) groups excluding carboxylic acids is 3. The number of phenolic OH excluding ortho intramolecular Hbond substituents is 1. The van der Waals surface area contributed by atoms with Gasteiger partial charge in [0.05, 0.1) is 0 Å². The first kappa shape index (κ1) is 34.3. The van der Waals surface area contributed by atoms with Crippen LogP contribution in [0.5, 0.6) is 5.75 Å². The summed E-state index contributed by atoms with van der Waals surface area (Å²) >= 11 is 0. The van der Waals surface area contributed by atoms with E-state index in [9.17, 15) is 19.5 Å². The molecule has 3 amide bonds. The number of carbonyl (C=O) groups is 3. The van der Waals surface area contributed by atoms with Crippen molar-refractivity contribution < 1.29 is 24.2 Å². The number of hydrogen-bond acceptors (Lipinski definition) is 5. The van der Waals surface area contributed by atoms with Crippen LogP contribution in [0.4, 0.5) is 4.79 Å². The Morgan fingerprint density at radius 3 is 1.97 bits per heavy atom. The van der Waals surface area contributed by atoms with E-state index >= 15 is 0 Å². The van der Waals surface area contributed by atoms with Crippen LogP contribution < -0.4 is 10.6 Å². The van der Waals surface area contributed by atoms with Crippen molar-refractivity contribution in [3.8, 4) is 5.75 Å². The van der Waals surface area contributed by atoms with E-state index < -0.39 is 23.8 Å². The molecule has 0 radical (unpaired) electrons. The predicted octanol–water partition coefficient (Wildman–Crippen LogP) is 6.33. The summed E-state index contributed by atoms with van der Waals surface area (Å²) in [6.45, 7) is 19.5. The number of benzene rings is 1. The summed E-state index contributed by atoms with van der Waals surface area (Å²) in [5.41, 5.74) is -0.122. The zero-order valence-corrected chi connectivity index (χ0v) is 25.8. The highest BCUT2D eigenvalue weighted by Gasteiger charge is 2.39. The summed E-state index contributed by atoms with van der Waals surface area (Å²) < 4.78 is 5.48. The Balaban J connectivity index is 3.62. The third-order valence-electron chi connectivity index (χ3n) is 6.43. The number of amides is 3. The molecular weight excluding hydrogens is 494 g/mol. The van der Waals surface area contributed by atoms with E-state index in [0.29, 0.717) is 24.3 Å². The molecule has 1 aromatic carbocycles. The van der Waals surface area contributed by atoms with Crippen LogP contribution in [0.2, 0.25) is 0 Å². The number of rotatable bonds is 14. The lowest BCUT2D eigenvalue weighted by molar-refractivity contribution is -0.145. The molecule has 39 heavy (non-hydrogen) atoms. The SMILES string of the molecule is CCCC(C)NC(=O)C(c1ccc(O)cc1)N(C(=O)C(CC(C)C)NC(=O)OC(C)(C)C)C(C)CCC(C)C. The van der Waals surface area contributed by atoms with Gasteiger partial charge in [0.25, 0.3) is 0 Å². The zero-order valence-electron chi connectivity index (χ0n) is 25.8. The van der Waals surface area contributed by atoms with E-state index in [1.807, 2.05) is 27.7 Å². The number of alkyl carbamates (subject to hydrolysis) is 1.